The van der Waals surface area contributed by atoms with Crippen molar-refractivity contribution in [3.63, 3.8) is 0 Å². The van der Waals surface area contributed by atoms with Gasteiger partial charge in [-0.25, -0.2) is 4.57 Å². The lowest BCUT2D eigenvalue weighted by molar-refractivity contribution is -0.161. The molecule has 0 rings (SSSR count). The van der Waals surface area contributed by atoms with Crippen LogP contribution >= 0.6 is 7.82 Å². The van der Waals surface area contributed by atoms with Gasteiger partial charge in [-0.05, 0) is 77.0 Å². The number of allylic oxidation sites excluding steroid dienone is 10. The maximum atomic E-state index is 12.5. The summed E-state index contributed by atoms with van der Waals surface area (Å²) in [6, 6.07) is 0. The minimum Gasteiger partial charge on any atom is -0.462 e. The number of phosphoric ester groups is 1. The zero-order valence-corrected chi connectivity index (χ0v) is 34.4. The van der Waals surface area contributed by atoms with E-state index in [0.29, 0.717) is 6.42 Å². The van der Waals surface area contributed by atoms with E-state index in [4.69, 9.17) is 24.3 Å². The summed E-state index contributed by atoms with van der Waals surface area (Å²) in [5.41, 5.74) is 5.34. The van der Waals surface area contributed by atoms with Crippen LogP contribution in [0.3, 0.4) is 0 Å². The van der Waals surface area contributed by atoms with Gasteiger partial charge >= 0.3 is 19.8 Å². The number of esters is 2. The predicted octanol–water partition coefficient (Wildman–Crippen LogP) is 11.7. The summed E-state index contributed by atoms with van der Waals surface area (Å²) in [5.74, 6) is -0.886. The van der Waals surface area contributed by atoms with Gasteiger partial charge in [-0.15, -0.1) is 0 Å². The third-order valence-corrected chi connectivity index (χ3v) is 9.37. The van der Waals surface area contributed by atoms with Gasteiger partial charge in [0.25, 0.3) is 0 Å². The average molecular weight is 766 g/mol. The zero-order valence-electron chi connectivity index (χ0n) is 33.5. The van der Waals surface area contributed by atoms with Gasteiger partial charge < -0.3 is 20.1 Å². The van der Waals surface area contributed by atoms with E-state index in [1.54, 1.807) is 0 Å². The quantitative estimate of drug-likeness (QED) is 0.0272. The monoisotopic (exact) mass is 766 g/mol. The molecule has 0 saturated heterocycles. The summed E-state index contributed by atoms with van der Waals surface area (Å²) < 4.78 is 32.7. The second-order valence-electron chi connectivity index (χ2n) is 13.5. The number of carbonyl (C=O) groups is 2. The molecule has 0 heterocycles. The van der Waals surface area contributed by atoms with Crippen LogP contribution in [0.2, 0.25) is 0 Å². The molecule has 0 amide bonds. The minimum atomic E-state index is -4.39. The molecule has 0 fully saturated rings. The molecule has 3 N–H and O–H groups in total. The van der Waals surface area contributed by atoms with Gasteiger partial charge in [-0.1, -0.05) is 139 Å². The summed E-state index contributed by atoms with van der Waals surface area (Å²) >= 11 is 0. The van der Waals surface area contributed by atoms with E-state index in [1.165, 1.54) is 64.2 Å². The van der Waals surface area contributed by atoms with Crippen molar-refractivity contribution in [2.45, 2.75) is 174 Å². The summed E-state index contributed by atoms with van der Waals surface area (Å²) in [7, 11) is -4.39. The van der Waals surface area contributed by atoms with E-state index in [0.717, 1.165) is 70.6 Å². The molecular weight excluding hydrogens is 689 g/mol. The molecule has 0 radical (unpaired) electrons. The van der Waals surface area contributed by atoms with Crippen molar-refractivity contribution >= 4 is 19.8 Å². The number of carbonyl (C=O) groups excluding carboxylic acids is 2. The van der Waals surface area contributed by atoms with Crippen LogP contribution in [0.15, 0.2) is 60.8 Å². The molecule has 2 atom stereocenters. The number of unbranched alkanes of at least 4 members (excludes halogenated alkanes) is 15. The maximum absolute atomic E-state index is 12.5. The first kappa shape index (κ1) is 50.7. The molecule has 0 aromatic rings. The molecule has 0 aliphatic rings. The van der Waals surface area contributed by atoms with Crippen molar-refractivity contribution in [2.24, 2.45) is 5.73 Å². The van der Waals surface area contributed by atoms with Crippen LogP contribution in [0, 0.1) is 0 Å². The van der Waals surface area contributed by atoms with Crippen molar-refractivity contribution in [3.8, 4) is 0 Å². The fraction of sp³-hybridized carbons (Fsp3) is 0.721. The van der Waals surface area contributed by atoms with E-state index in [2.05, 4.69) is 74.6 Å². The number of ether oxygens (including phenoxy) is 2. The van der Waals surface area contributed by atoms with E-state index < -0.39 is 32.5 Å². The lowest BCUT2D eigenvalue weighted by Crippen LogP contribution is -2.29. The average Bonchev–Trinajstić information content (AvgIpc) is 3.14. The van der Waals surface area contributed by atoms with Crippen molar-refractivity contribution in [1.82, 2.24) is 0 Å². The molecule has 9 nitrogen and oxygen atoms in total. The third kappa shape index (κ3) is 39.2. The Morgan fingerprint density at radius 2 is 1.04 bits per heavy atom. The fourth-order valence-corrected chi connectivity index (χ4v) is 6.09. The van der Waals surface area contributed by atoms with Gasteiger partial charge in [0.1, 0.15) is 6.61 Å². The first-order chi connectivity index (χ1) is 25.8. The standard InChI is InChI=1S/C43H76NO8P/c1-3-5-7-9-11-13-15-17-19-20-22-23-25-27-29-31-33-35-42(45)49-39-41(40-51-53(47,48)50-38-37-44)52-43(46)36-34-32-30-28-26-24-21-18-16-14-12-10-8-6-4-2/h6,8,12,14,17-19,21,26,28,41H,3-5,7,9-11,13,15-16,20,22-25,27,29-40,44H2,1-2H3,(H,47,48)/b8-6-,14-12-,19-17-,21-18-,28-26-/t41-/m1/s1. The van der Waals surface area contributed by atoms with Crippen molar-refractivity contribution < 1.29 is 37.6 Å². The summed E-state index contributed by atoms with van der Waals surface area (Å²) in [6.07, 6.45) is 45.4. The van der Waals surface area contributed by atoms with E-state index in [1.807, 2.05) is 0 Å². The summed E-state index contributed by atoms with van der Waals surface area (Å²) in [4.78, 5) is 34.8. The molecule has 53 heavy (non-hydrogen) atoms. The summed E-state index contributed by atoms with van der Waals surface area (Å²) in [5, 5.41) is 0. The molecule has 0 aliphatic carbocycles. The highest BCUT2D eigenvalue weighted by Gasteiger charge is 2.25. The molecule has 0 aromatic carbocycles. The van der Waals surface area contributed by atoms with Gasteiger partial charge in [0.05, 0.1) is 13.2 Å². The number of rotatable bonds is 38. The fourth-order valence-electron chi connectivity index (χ4n) is 5.32. The van der Waals surface area contributed by atoms with Gasteiger partial charge in [0.2, 0.25) is 0 Å². The van der Waals surface area contributed by atoms with Gasteiger partial charge in [-0.3, -0.25) is 18.6 Å². The van der Waals surface area contributed by atoms with Gasteiger partial charge in [0, 0.05) is 19.4 Å². The Morgan fingerprint density at radius 1 is 0.585 bits per heavy atom. The van der Waals surface area contributed by atoms with Crippen molar-refractivity contribution in [2.75, 3.05) is 26.4 Å². The normalized spacial score (nSPS) is 14.0. The Labute approximate surface area is 323 Å². The Balaban J connectivity index is 4.25. The Bertz CT molecular complexity index is 1050. The molecular formula is C43H76NO8P. The lowest BCUT2D eigenvalue weighted by Gasteiger charge is -2.19. The highest BCUT2D eigenvalue weighted by atomic mass is 31.2. The van der Waals surface area contributed by atoms with Crippen molar-refractivity contribution in [3.05, 3.63) is 60.8 Å². The van der Waals surface area contributed by atoms with Crippen LogP contribution in [0.1, 0.15) is 168 Å². The molecule has 306 valence electrons. The molecule has 0 aromatic heterocycles. The number of phosphoric acid groups is 1. The molecule has 10 heteroatoms. The minimum absolute atomic E-state index is 0.0435. The number of hydrogen-bond acceptors (Lipinski definition) is 8. The molecule has 0 saturated carbocycles. The molecule has 0 aliphatic heterocycles. The Hall–Kier alpha value is -2.29. The zero-order chi connectivity index (χ0) is 38.9. The smallest absolute Gasteiger partial charge is 0.462 e. The van der Waals surface area contributed by atoms with Gasteiger partial charge in [0.15, 0.2) is 6.10 Å². The van der Waals surface area contributed by atoms with E-state index in [-0.39, 0.29) is 32.6 Å². The topological polar surface area (TPSA) is 134 Å². The second kappa shape index (κ2) is 39.4. The lowest BCUT2D eigenvalue weighted by atomic mass is 10.1. The molecule has 0 bridgehead atoms. The SMILES string of the molecule is CC/C=C\C/C=C\C/C=C\C/C=C\CCCCC(=O)O[C@H](COC(=O)CCCCCCCCC/C=C\CCCCCCCC)COP(=O)(O)OCCN. The van der Waals surface area contributed by atoms with Crippen LogP contribution < -0.4 is 5.73 Å². The van der Waals surface area contributed by atoms with E-state index >= 15 is 0 Å². The first-order valence-corrected chi connectivity index (χ1v) is 22.3. The number of nitrogens with two attached hydrogens (primary N) is 1. The van der Waals surface area contributed by atoms with E-state index in [9.17, 15) is 19.0 Å². The Kier molecular flexibility index (Phi) is 37.7. The number of hydrogen-bond donors (Lipinski definition) is 2. The van der Waals surface area contributed by atoms with Gasteiger partial charge in [-0.2, -0.15) is 0 Å². The van der Waals surface area contributed by atoms with Crippen LogP contribution in [0.5, 0.6) is 0 Å². The second-order valence-corrected chi connectivity index (χ2v) is 14.9. The van der Waals surface area contributed by atoms with Crippen LogP contribution in [0.4, 0.5) is 0 Å². The highest BCUT2D eigenvalue weighted by Crippen LogP contribution is 2.43. The van der Waals surface area contributed by atoms with Crippen LogP contribution in [0.25, 0.3) is 0 Å². The maximum Gasteiger partial charge on any atom is 0.472 e. The first-order valence-electron chi connectivity index (χ1n) is 20.8. The third-order valence-electron chi connectivity index (χ3n) is 8.39. The highest BCUT2D eigenvalue weighted by molar-refractivity contribution is 7.47. The molecule has 1 unspecified atom stereocenters. The Morgan fingerprint density at radius 3 is 1.60 bits per heavy atom. The predicted molar refractivity (Wildman–Crippen MR) is 219 cm³/mol. The van der Waals surface area contributed by atoms with Crippen LogP contribution in [-0.2, 0) is 32.7 Å². The largest absolute Gasteiger partial charge is 0.472 e. The van der Waals surface area contributed by atoms with Crippen LogP contribution in [-0.4, -0.2) is 49.3 Å². The summed E-state index contributed by atoms with van der Waals surface area (Å²) in [6.45, 7) is 3.55. The molecule has 0 spiro atoms. The van der Waals surface area contributed by atoms with Crippen molar-refractivity contribution in [1.29, 1.82) is 0 Å².